The van der Waals surface area contributed by atoms with Crippen molar-refractivity contribution in [2.24, 2.45) is 0 Å². The number of halogens is 3. The summed E-state index contributed by atoms with van der Waals surface area (Å²) in [6, 6.07) is 12.4. The Morgan fingerprint density at radius 1 is 1.00 bits per heavy atom. The zero-order chi connectivity index (χ0) is 14.0. The van der Waals surface area contributed by atoms with Gasteiger partial charge in [0, 0.05) is 14.5 Å². The summed E-state index contributed by atoms with van der Waals surface area (Å²) in [6.07, 6.45) is 0. The molecule has 0 aliphatic carbocycles. The monoisotopic (exact) mass is 446 g/mol. The van der Waals surface area contributed by atoms with E-state index < -0.39 is 0 Å². The number of aryl methyl sites for hydroxylation is 1. The van der Waals surface area contributed by atoms with E-state index in [9.17, 15) is 0 Å². The van der Waals surface area contributed by atoms with Crippen molar-refractivity contribution in [2.45, 2.75) is 11.8 Å². The molecule has 0 saturated carbocycles. The molecular weight excluding hydrogens is 436 g/mol. The van der Waals surface area contributed by atoms with E-state index in [0.717, 1.165) is 20.3 Å². The first-order chi connectivity index (χ1) is 9.01. The van der Waals surface area contributed by atoms with Crippen LogP contribution in [0.1, 0.15) is 21.5 Å². The average Bonchev–Trinajstić information content (AvgIpc) is 2.36. The van der Waals surface area contributed by atoms with Crippen molar-refractivity contribution >= 4 is 47.8 Å². The summed E-state index contributed by atoms with van der Waals surface area (Å²) in [4.78, 5) is 0.0937. The molecule has 0 spiro atoms. The van der Waals surface area contributed by atoms with Gasteiger partial charge in [-0.1, -0.05) is 53.9 Å². The van der Waals surface area contributed by atoms with Crippen LogP contribution in [0.25, 0.3) is 0 Å². The zero-order valence-corrected chi connectivity index (χ0v) is 15.3. The Labute approximate surface area is 138 Å². The summed E-state index contributed by atoms with van der Waals surface area (Å²) in [5.41, 5.74) is 3.53. The van der Waals surface area contributed by atoms with Crippen LogP contribution in [-0.4, -0.2) is 7.11 Å². The smallest absolute Gasteiger partial charge is 0.123 e. The Morgan fingerprint density at radius 2 is 1.74 bits per heavy atom. The lowest BCUT2D eigenvalue weighted by molar-refractivity contribution is 0.410. The van der Waals surface area contributed by atoms with Crippen LogP contribution in [0.3, 0.4) is 0 Å². The van der Waals surface area contributed by atoms with Crippen molar-refractivity contribution in [2.75, 3.05) is 7.11 Å². The van der Waals surface area contributed by atoms with E-state index in [1.807, 2.05) is 12.1 Å². The molecule has 2 rings (SSSR count). The van der Waals surface area contributed by atoms with Crippen molar-refractivity contribution in [1.29, 1.82) is 0 Å². The first kappa shape index (κ1) is 15.1. The molecule has 0 radical (unpaired) electrons. The highest BCUT2D eigenvalue weighted by molar-refractivity contribution is 9.11. The lowest BCUT2D eigenvalue weighted by Gasteiger charge is -2.16. The van der Waals surface area contributed by atoms with Crippen LogP contribution in [0.15, 0.2) is 45.3 Å². The Hall–Kier alpha value is -0.320. The standard InChI is InChI=1S/C15H13Br3O/c1-9-5-10(7-12(17)6-9)15(18)13-8-11(16)3-4-14(13)19-2/h3-8,15H,1-2H3. The van der Waals surface area contributed by atoms with E-state index in [0.29, 0.717) is 0 Å². The Balaban J connectivity index is 2.48. The Kier molecular flexibility index (Phi) is 5.09. The quantitative estimate of drug-likeness (QED) is 0.522. The van der Waals surface area contributed by atoms with Gasteiger partial charge in [-0.2, -0.15) is 0 Å². The molecule has 100 valence electrons. The van der Waals surface area contributed by atoms with Crippen LogP contribution in [0, 0.1) is 6.92 Å². The number of methoxy groups -OCH3 is 1. The summed E-state index contributed by atoms with van der Waals surface area (Å²) in [6.45, 7) is 2.09. The third kappa shape index (κ3) is 3.61. The van der Waals surface area contributed by atoms with Gasteiger partial charge in [0.15, 0.2) is 0 Å². The SMILES string of the molecule is COc1ccc(Br)cc1C(Br)c1cc(C)cc(Br)c1. The van der Waals surface area contributed by atoms with E-state index in [2.05, 4.69) is 79.0 Å². The van der Waals surface area contributed by atoms with E-state index in [4.69, 9.17) is 4.74 Å². The van der Waals surface area contributed by atoms with Gasteiger partial charge in [0.1, 0.15) is 5.75 Å². The zero-order valence-electron chi connectivity index (χ0n) is 10.6. The van der Waals surface area contributed by atoms with Crippen molar-refractivity contribution < 1.29 is 4.74 Å². The molecule has 19 heavy (non-hydrogen) atoms. The second-order valence-corrected chi connectivity index (χ2v) is 7.06. The molecule has 0 aliphatic heterocycles. The molecular formula is C15H13Br3O. The van der Waals surface area contributed by atoms with Gasteiger partial charge in [0.05, 0.1) is 11.9 Å². The number of hydrogen-bond acceptors (Lipinski definition) is 1. The van der Waals surface area contributed by atoms with Gasteiger partial charge in [0.2, 0.25) is 0 Å². The Bertz CT molecular complexity index is 576. The molecule has 0 amide bonds. The van der Waals surface area contributed by atoms with Gasteiger partial charge in [-0.25, -0.2) is 0 Å². The first-order valence-electron chi connectivity index (χ1n) is 5.76. The summed E-state index contributed by atoms with van der Waals surface area (Å²) >= 11 is 10.8. The third-order valence-electron chi connectivity index (χ3n) is 2.82. The molecule has 0 bridgehead atoms. The predicted molar refractivity (Wildman–Crippen MR) is 90.3 cm³/mol. The van der Waals surface area contributed by atoms with Crippen LogP contribution in [-0.2, 0) is 0 Å². The summed E-state index contributed by atoms with van der Waals surface area (Å²) in [5, 5.41) is 0. The molecule has 1 unspecified atom stereocenters. The lowest BCUT2D eigenvalue weighted by Crippen LogP contribution is -1.98. The van der Waals surface area contributed by atoms with Crippen LogP contribution in [0.4, 0.5) is 0 Å². The maximum Gasteiger partial charge on any atom is 0.123 e. The number of benzene rings is 2. The van der Waals surface area contributed by atoms with Gasteiger partial charge >= 0.3 is 0 Å². The highest BCUT2D eigenvalue weighted by Gasteiger charge is 2.16. The van der Waals surface area contributed by atoms with E-state index in [1.54, 1.807) is 7.11 Å². The third-order valence-corrected chi connectivity index (χ3v) is 4.79. The fourth-order valence-corrected chi connectivity index (χ4v) is 3.62. The summed E-state index contributed by atoms with van der Waals surface area (Å²) in [7, 11) is 1.69. The van der Waals surface area contributed by atoms with Gasteiger partial charge in [0.25, 0.3) is 0 Å². The number of ether oxygens (including phenoxy) is 1. The first-order valence-corrected chi connectivity index (χ1v) is 8.26. The normalized spacial score (nSPS) is 12.3. The van der Waals surface area contributed by atoms with E-state index in [1.165, 1.54) is 11.1 Å². The van der Waals surface area contributed by atoms with Gasteiger partial charge in [-0.15, -0.1) is 0 Å². The van der Waals surface area contributed by atoms with Crippen LogP contribution in [0.5, 0.6) is 5.75 Å². The van der Waals surface area contributed by atoms with Crippen molar-refractivity contribution in [3.63, 3.8) is 0 Å². The largest absolute Gasteiger partial charge is 0.496 e. The van der Waals surface area contributed by atoms with E-state index >= 15 is 0 Å². The maximum atomic E-state index is 5.44. The van der Waals surface area contributed by atoms with Crippen LogP contribution < -0.4 is 4.74 Å². The second-order valence-electron chi connectivity index (χ2n) is 4.31. The van der Waals surface area contributed by atoms with Crippen molar-refractivity contribution in [3.05, 3.63) is 62.0 Å². The second kappa shape index (κ2) is 6.42. The molecule has 0 saturated heterocycles. The highest BCUT2D eigenvalue weighted by atomic mass is 79.9. The highest BCUT2D eigenvalue weighted by Crippen LogP contribution is 2.39. The van der Waals surface area contributed by atoms with E-state index in [-0.39, 0.29) is 4.83 Å². The fourth-order valence-electron chi connectivity index (χ4n) is 1.99. The minimum Gasteiger partial charge on any atom is -0.496 e. The fraction of sp³-hybridized carbons (Fsp3) is 0.200. The van der Waals surface area contributed by atoms with Gasteiger partial charge in [-0.3, -0.25) is 0 Å². The van der Waals surface area contributed by atoms with Crippen LogP contribution in [0.2, 0.25) is 0 Å². The van der Waals surface area contributed by atoms with Crippen molar-refractivity contribution in [3.8, 4) is 5.75 Å². The topological polar surface area (TPSA) is 9.23 Å². The molecule has 2 aromatic carbocycles. The molecule has 4 heteroatoms. The van der Waals surface area contributed by atoms with Gasteiger partial charge < -0.3 is 4.74 Å². The minimum atomic E-state index is 0.0937. The Morgan fingerprint density at radius 3 is 2.37 bits per heavy atom. The molecule has 0 N–H and O–H groups in total. The molecule has 0 heterocycles. The number of alkyl halides is 1. The van der Waals surface area contributed by atoms with Crippen molar-refractivity contribution in [1.82, 2.24) is 0 Å². The van der Waals surface area contributed by atoms with Crippen LogP contribution >= 0.6 is 47.8 Å². The van der Waals surface area contributed by atoms with Gasteiger partial charge in [-0.05, 0) is 48.4 Å². The number of rotatable bonds is 3. The average molecular weight is 449 g/mol. The molecule has 2 aromatic rings. The molecule has 1 atom stereocenters. The molecule has 1 nitrogen and oxygen atoms in total. The summed E-state index contributed by atoms with van der Waals surface area (Å²) < 4.78 is 7.57. The number of hydrogen-bond donors (Lipinski definition) is 0. The maximum absolute atomic E-state index is 5.44. The molecule has 0 aliphatic rings. The predicted octanol–water partition coefficient (Wildman–Crippen LogP) is 6.01. The lowest BCUT2D eigenvalue weighted by atomic mass is 10.0. The minimum absolute atomic E-state index is 0.0937. The summed E-state index contributed by atoms with van der Waals surface area (Å²) in [5.74, 6) is 0.878. The molecule has 0 fully saturated rings. The molecule has 0 aromatic heterocycles.